The molecule has 0 aliphatic carbocycles. The van der Waals surface area contributed by atoms with Crippen LogP contribution in [0.25, 0.3) is 22.0 Å². The molecule has 0 fully saturated rings. The van der Waals surface area contributed by atoms with Crippen molar-refractivity contribution < 1.29 is 4.74 Å². The Bertz CT molecular complexity index is 1380. The van der Waals surface area contributed by atoms with Crippen LogP contribution < -0.4 is 10.5 Å². The van der Waals surface area contributed by atoms with Crippen molar-refractivity contribution in [1.29, 1.82) is 5.26 Å². The third-order valence-corrected chi connectivity index (χ3v) is 6.02. The standard InChI is InChI=1S/C23H14Cl2N4O/c24-17-9-8-13(10-18(17)25)21-20-19(16(11-26)22(27)30-23(20)29-28-21)15-7-3-5-12-4-1-2-6-14(12)15/h1-10,19H,27H2,(H,28,29). The molecule has 1 aliphatic rings. The van der Waals surface area contributed by atoms with Crippen LogP contribution in [0.2, 0.25) is 10.0 Å². The maximum Gasteiger partial charge on any atom is 0.244 e. The van der Waals surface area contributed by atoms with Gasteiger partial charge in [-0.3, -0.25) is 5.10 Å². The summed E-state index contributed by atoms with van der Waals surface area (Å²) in [5.41, 5.74) is 9.60. The Morgan fingerprint density at radius 2 is 1.83 bits per heavy atom. The molecule has 2 heterocycles. The number of allylic oxidation sites excluding steroid dienone is 1. The van der Waals surface area contributed by atoms with Crippen molar-refractivity contribution in [2.75, 3.05) is 0 Å². The molecular formula is C23H14Cl2N4O. The van der Waals surface area contributed by atoms with Gasteiger partial charge in [0.25, 0.3) is 0 Å². The Morgan fingerprint density at radius 3 is 2.63 bits per heavy atom. The minimum absolute atomic E-state index is 0.0510. The van der Waals surface area contributed by atoms with E-state index in [1.54, 1.807) is 12.1 Å². The lowest BCUT2D eigenvalue weighted by Gasteiger charge is -2.25. The number of halogens is 2. The fourth-order valence-electron chi connectivity index (χ4n) is 3.93. The Hall–Kier alpha value is -3.46. The van der Waals surface area contributed by atoms with Crippen molar-refractivity contribution in [2.45, 2.75) is 5.92 Å². The summed E-state index contributed by atoms with van der Waals surface area (Å²) in [6.45, 7) is 0. The first-order chi connectivity index (χ1) is 14.6. The molecule has 0 amide bonds. The number of nitriles is 1. The average Bonchev–Trinajstić information content (AvgIpc) is 3.17. The second kappa shape index (κ2) is 7.10. The fraction of sp³-hybridized carbons (Fsp3) is 0.0435. The number of aromatic nitrogens is 2. The lowest BCUT2D eigenvalue weighted by Crippen LogP contribution is -2.21. The number of H-pyrrole nitrogens is 1. The van der Waals surface area contributed by atoms with Crippen molar-refractivity contribution in [3.8, 4) is 23.2 Å². The van der Waals surface area contributed by atoms with Gasteiger partial charge in [0.1, 0.15) is 11.6 Å². The van der Waals surface area contributed by atoms with E-state index >= 15 is 0 Å². The molecule has 5 rings (SSSR count). The van der Waals surface area contributed by atoms with E-state index in [2.05, 4.69) is 16.3 Å². The monoisotopic (exact) mass is 432 g/mol. The Balaban J connectivity index is 1.80. The summed E-state index contributed by atoms with van der Waals surface area (Å²) in [7, 11) is 0. The van der Waals surface area contributed by atoms with Gasteiger partial charge in [0.05, 0.1) is 27.2 Å². The summed E-state index contributed by atoms with van der Waals surface area (Å²) in [5, 5.41) is 20.2. The molecule has 0 saturated carbocycles. The maximum atomic E-state index is 9.93. The first kappa shape index (κ1) is 18.6. The zero-order chi connectivity index (χ0) is 20.8. The molecule has 0 bridgehead atoms. The van der Waals surface area contributed by atoms with Gasteiger partial charge in [-0.2, -0.15) is 5.26 Å². The summed E-state index contributed by atoms with van der Waals surface area (Å²) in [6.07, 6.45) is 0. The number of hydrogen-bond acceptors (Lipinski definition) is 4. The van der Waals surface area contributed by atoms with Gasteiger partial charge in [-0.05, 0) is 28.5 Å². The van der Waals surface area contributed by atoms with Crippen LogP contribution in [0.1, 0.15) is 17.0 Å². The average molecular weight is 433 g/mol. The van der Waals surface area contributed by atoms with E-state index in [1.807, 2.05) is 48.5 Å². The molecule has 0 spiro atoms. The van der Waals surface area contributed by atoms with Crippen molar-refractivity contribution in [3.63, 3.8) is 0 Å². The molecule has 0 saturated heterocycles. The number of fused-ring (bicyclic) bond motifs is 2. The van der Waals surface area contributed by atoms with E-state index in [9.17, 15) is 5.26 Å². The van der Waals surface area contributed by atoms with Crippen LogP contribution in [0, 0.1) is 11.3 Å². The highest BCUT2D eigenvalue weighted by molar-refractivity contribution is 6.42. The summed E-state index contributed by atoms with van der Waals surface area (Å²) < 4.78 is 5.69. The van der Waals surface area contributed by atoms with Crippen LogP contribution >= 0.6 is 23.2 Å². The first-order valence-corrected chi connectivity index (χ1v) is 9.93. The molecule has 0 radical (unpaired) electrons. The van der Waals surface area contributed by atoms with E-state index in [0.717, 1.165) is 27.5 Å². The van der Waals surface area contributed by atoms with Gasteiger partial charge >= 0.3 is 0 Å². The van der Waals surface area contributed by atoms with Crippen molar-refractivity contribution >= 4 is 34.0 Å². The topological polar surface area (TPSA) is 87.7 Å². The van der Waals surface area contributed by atoms with E-state index in [-0.39, 0.29) is 5.88 Å². The smallest absolute Gasteiger partial charge is 0.244 e. The number of nitrogens with two attached hydrogens (primary N) is 1. The molecule has 1 unspecified atom stereocenters. The van der Waals surface area contributed by atoms with Crippen LogP contribution in [0.5, 0.6) is 5.88 Å². The van der Waals surface area contributed by atoms with Crippen LogP contribution in [-0.4, -0.2) is 10.2 Å². The molecule has 146 valence electrons. The molecular weight excluding hydrogens is 419 g/mol. The Morgan fingerprint density at radius 1 is 1.03 bits per heavy atom. The van der Waals surface area contributed by atoms with Gasteiger partial charge in [-0.15, -0.1) is 5.10 Å². The number of ether oxygens (including phenoxy) is 1. The summed E-state index contributed by atoms with van der Waals surface area (Å²) >= 11 is 12.3. The number of nitrogens with one attached hydrogen (secondary N) is 1. The molecule has 1 aromatic heterocycles. The van der Waals surface area contributed by atoms with Crippen molar-refractivity contribution in [3.05, 3.63) is 93.3 Å². The first-order valence-electron chi connectivity index (χ1n) is 9.17. The number of nitrogens with zero attached hydrogens (tertiary/aromatic N) is 2. The molecule has 5 nitrogen and oxygen atoms in total. The van der Waals surface area contributed by atoms with Crippen LogP contribution in [0.4, 0.5) is 0 Å². The molecule has 1 atom stereocenters. The largest absolute Gasteiger partial charge is 0.420 e. The molecule has 30 heavy (non-hydrogen) atoms. The number of hydrogen-bond donors (Lipinski definition) is 2. The molecule has 4 aromatic rings. The SMILES string of the molecule is N#CC1=C(N)Oc2n[nH]c(-c3ccc(Cl)c(Cl)c3)c2C1c1cccc2ccccc12. The molecule has 7 heteroatoms. The summed E-state index contributed by atoms with van der Waals surface area (Å²) in [5.74, 6) is -0.0614. The minimum Gasteiger partial charge on any atom is -0.420 e. The second-order valence-electron chi connectivity index (χ2n) is 6.94. The predicted octanol–water partition coefficient (Wildman–Crippen LogP) is 5.75. The van der Waals surface area contributed by atoms with E-state index in [0.29, 0.717) is 27.2 Å². The Labute approximate surface area is 182 Å². The van der Waals surface area contributed by atoms with Gasteiger partial charge in [-0.25, -0.2) is 0 Å². The number of benzene rings is 3. The third-order valence-electron chi connectivity index (χ3n) is 5.28. The highest BCUT2D eigenvalue weighted by Gasteiger charge is 2.36. The van der Waals surface area contributed by atoms with Gasteiger partial charge in [-0.1, -0.05) is 71.7 Å². The zero-order valence-corrected chi connectivity index (χ0v) is 17.0. The van der Waals surface area contributed by atoms with E-state index < -0.39 is 5.92 Å². The van der Waals surface area contributed by atoms with E-state index in [4.69, 9.17) is 33.7 Å². The van der Waals surface area contributed by atoms with Gasteiger partial charge in [0.2, 0.25) is 11.8 Å². The Kier molecular flexibility index (Phi) is 4.39. The lowest BCUT2D eigenvalue weighted by molar-refractivity contribution is 0.379. The highest BCUT2D eigenvalue weighted by atomic mass is 35.5. The third kappa shape index (κ3) is 2.81. The maximum absolute atomic E-state index is 9.93. The summed E-state index contributed by atoms with van der Waals surface area (Å²) in [4.78, 5) is 0. The number of aromatic amines is 1. The molecule has 3 aromatic carbocycles. The highest BCUT2D eigenvalue weighted by Crippen LogP contribution is 2.47. The van der Waals surface area contributed by atoms with Gasteiger partial charge in [0, 0.05) is 5.56 Å². The number of rotatable bonds is 2. The quantitative estimate of drug-likeness (QED) is 0.421. The minimum atomic E-state index is -0.451. The predicted molar refractivity (Wildman–Crippen MR) is 117 cm³/mol. The van der Waals surface area contributed by atoms with Crippen LogP contribution in [-0.2, 0) is 0 Å². The van der Waals surface area contributed by atoms with Crippen LogP contribution in [0.15, 0.2) is 72.1 Å². The van der Waals surface area contributed by atoms with E-state index in [1.165, 1.54) is 0 Å². The zero-order valence-electron chi connectivity index (χ0n) is 15.5. The van der Waals surface area contributed by atoms with Gasteiger partial charge < -0.3 is 10.5 Å². The normalized spacial score (nSPS) is 15.6. The van der Waals surface area contributed by atoms with Gasteiger partial charge in [0.15, 0.2) is 0 Å². The van der Waals surface area contributed by atoms with Crippen LogP contribution in [0.3, 0.4) is 0 Å². The molecule has 1 aliphatic heterocycles. The lowest BCUT2D eigenvalue weighted by atomic mass is 9.81. The van der Waals surface area contributed by atoms with Crippen molar-refractivity contribution in [1.82, 2.24) is 10.2 Å². The summed E-state index contributed by atoms with van der Waals surface area (Å²) in [6, 6.07) is 21.6. The second-order valence-corrected chi connectivity index (χ2v) is 7.75. The fourth-order valence-corrected chi connectivity index (χ4v) is 4.23. The van der Waals surface area contributed by atoms with Crippen molar-refractivity contribution in [2.24, 2.45) is 5.73 Å². The molecule has 3 N–H and O–H groups in total.